The molecule has 0 amide bonds. The van der Waals surface area contributed by atoms with Crippen molar-refractivity contribution < 1.29 is 4.74 Å². The quantitative estimate of drug-likeness (QED) is 0.635. The molecule has 0 radical (unpaired) electrons. The molecule has 3 rings (SSSR count). The van der Waals surface area contributed by atoms with Crippen molar-refractivity contribution in [3.63, 3.8) is 0 Å². The molecule has 0 spiro atoms. The maximum absolute atomic E-state index is 6.00. The number of anilines is 3. The lowest BCUT2D eigenvalue weighted by Gasteiger charge is -2.10. The van der Waals surface area contributed by atoms with Crippen molar-refractivity contribution in [2.75, 3.05) is 24.4 Å². The van der Waals surface area contributed by atoms with Crippen molar-refractivity contribution in [1.82, 2.24) is 15.0 Å². The van der Waals surface area contributed by atoms with Crippen LogP contribution in [0, 0.1) is 0 Å². The predicted molar refractivity (Wildman–Crippen MR) is 103 cm³/mol. The van der Waals surface area contributed by atoms with E-state index in [1.165, 1.54) is 0 Å². The highest BCUT2D eigenvalue weighted by atomic mass is 35.5. The van der Waals surface area contributed by atoms with Crippen LogP contribution in [0.4, 0.5) is 16.8 Å². The average Bonchev–Trinajstić information content (AvgIpc) is 3.04. The molecule has 0 fully saturated rings. The number of nitrogens with one attached hydrogen (secondary N) is 2. The number of rotatable bonds is 7. The highest BCUT2D eigenvalue weighted by Gasteiger charge is 2.09. The Hall–Kier alpha value is -2.22. The topological polar surface area (TPSA) is 72.0 Å². The van der Waals surface area contributed by atoms with E-state index in [0.717, 1.165) is 21.4 Å². The maximum Gasteiger partial charge on any atom is 0.227 e. The zero-order valence-electron chi connectivity index (χ0n) is 13.9. The summed E-state index contributed by atoms with van der Waals surface area (Å²) in [5, 5.41) is 7.95. The molecule has 25 heavy (non-hydrogen) atoms. The van der Waals surface area contributed by atoms with Gasteiger partial charge in [0.2, 0.25) is 5.95 Å². The fourth-order valence-electron chi connectivity index (χ4n) is 2.21. The lowest BCUT2D eigenvalue weighted by atomic mass is 10.3. The Morgan fingerprint density at radius 1 is 1.28 bits per heavy atom. The number of nitrogens with zero attached hydrogens (tertiary/aromatic N) is 3. The minimum atomic E-state index is 0.189. The normalized spacial score (nSPS) is 12.0. The first-order valence-corrected chi connectivity index (χ1v) is 8.91. The van der Waals surface area contributed by atoms with Crippen LogP contribution in [0.25, 0.3) is 10.6 Å². The number of aromatic nitrogens is 3. The first-order valence-electron chi connectivity index (χ1n) is 7.71. The van der Waals surface area contributed by atoms with E-state index in [2.05, 4.69) is 25.6 Å². The Morgan fingerprint density at radius 3 is 2.96 bits per heavy atom. The first-order chi connectivity index (χ1) is 12.1. The van der Waals surface area contributed by atoms with Crippen LogP contribution in [-0.4, -0.2) is 34.7 Å². The molecule has 0 aliphatic carbocycles. The largest absolute Gasteiger partial charge is 0.383 e. The van der Waals surface area contributed by atoms with Gasteiger partial charge in [-0.25, -0.2) is 15.0 Å². The third-order valence-corrected chi connectivity index (χ3v) is 4.47. The second-order valence-corrected chi connectivity index (χ2v) is 6.90. The molecule has 0 saturated carbocycles. The van der Waals surface area contributed by atoms with Gasteiger partial charge in [0.15, 0.2) is 5.13 Å². The minimum absolute atomic E-state index is 0.189. The molecule has 2 aromatic heterocycles. The SMILES string of the molecule is COCC(C)Nc1ncc(-c2ccnc(Nc3cccc(Cl)c3)n2)s1. The number of benzene rings is 1. The van der Waals surface area contributed by atoms with E-state index in [9.17, 15) is 0 Å². The van der Waals surface area contributed by atoms with Crippen molar-refractivity contribution in [2.24, 2.45) is 0 Å². The smallest absolute Gasteiger partial charge is 0.227 e. The summed E-state index contributed by atoms with van der Waals surface area (Å²) in [4.78, 5) is 14.2. The summed E-state index contributed by atoms with van der Waals surface area (Å²) < 4.78 is 5.12. The highest BCUT2D eigenvalue weighted by Crippen LogP contribution is 2.28. The van der Waals surface area contributed by atoms with Crippen LogP contribution in [0.15, 0.2) is 42.7 Å². The Kier molecular flexibility index (Phi) is 5.80. The van der Waals surface area contributed by atoms with E-state index in [1.54, 1.807) is 30.8 Å². The lowest BCUT2D eigenvalue weighted by Crippen LogP contribution is -2.20. The third-order valence-electron chi connectivity index (χ3n) is 3.28. The van der Waals surface area contributed by atoms with Crippen molar-refractivity contribution in [3.05, 3.63) is 47.7 Å². The zero-order valence-corrected chi connectivity index (χ0v) is 15.4. The molecule has 6 nitrogen and oxygen atoms in total. The fourth-order valence-corrected chi connectivity index (χ4v) is 3.30. The molecule has 1 aromatic carbocycles. The molecule has 0 aliphatic heterocycles. The number of methoxy groups -OCH3 is 1. The molecular formula is C17H18ClN5OS. The van der Waals surface area contributed by atoms with Gasteiger partial charge < -0.3 is 15.4 Å². The molecule has 130 valence electrons. The van der Waals surface area contributed by atoms with Crippen molar-refractivity contribution in [2.45, 2.75) is 13.0 Å². The summed E-state index contributed by atoms with van der Waals surface area (Å²) in [7, 11) is 1.68. The van der Waals surface area contributed by atoms with Crippen LogP contribution in [0.3, 0.4) is 0 Å². The number of hydrogen-bond donors (Lipinski definition) is 2. The number of ether oxygens (including phenoxy) is 1. The van der Waals surface area contributed by atoms with Crippen LogP contribution >= 0.6 is 22.9 Å². The zero-order chi connectivity index (χ0) is 17.6. The summed E-state index contributed by atoms with van der Waals surface area (Å²) >= 11 is 7.54. The first kappa shape index (κ1) is 17.6. The van der Waals surface area contributed by atoms with Gasteiger partial charge in [0.05, 0.1) is 17.2 Å². The van der Waals surface area contributed by atoms with Crippen LogP contribution in [0.1, 0.15) is 6.92 Å². The second-order valence-electron chi connectivity index (χ2n) is 5.43. The minimum Gasteiger partial charge on any atom is -0.383 e. The van der Waals surface area contributed by atoms with Gasteiger partial charge in [-0.1, -0.05) is 29.0 Å². The number of thiazole rings is 1. The van der Waals surface area contributed by atoms with E-state index in [0.29, 0.717) is 17.6 Å². The van der Waals surface area contributed by atoms with Gasteiger partial charge in [-0.05, 0) is 31.2 Å². The van der Waals surface area contributed by atoms with Crippen LogP contribution < -0.4 is 10.6 Å². The monoisotopic (exact) mass is 375 g/mol. The Bertz CT molecular complexity index is 841. The van der Waals surface area contributed by atoms with Gasteiger partial charge in [-0.3, -0.25) is 0 Å². The summed E-state index contributed by atoms with van der Waals surface area (Å²) in [5.74, 6) is 0.510. The van der Waals surface area contributed by atoms with Crippen LogP contribution in [-0.2, 0) is 4.74 Å². The summed E-state index contributed by atoms with van der Waals surface area (Å²) in [6.45, 7) is 2.67. The standard InChI is InChI=1S/C17H18ClN5OS/c1-11(10-24-2)21-17-20-9-15(25-17)14-6-7-19-16(23-14)22-13-5-3-4-12(18)8-13/h3-9,11H,10H2,1-2H3,(H,20,21)(H,19,22,23). The van der Waals surface area contributed by atoms with Crippen LogP contribution in [0.5, 0.6) is 0 Å². The molecule has 1 atom stereocenters. The Morgan fingerprint density at radius 2 is 2.16 bits per heavy atom. The average molecular weight is 376 g/mol. The molecule has 2 heterocycles. The summed E-state index contributed by atoms with van der Waals surface area (Å²) in [6, 6.07) is 9.47. The van der Waals surface area contributed by atoms with E-state index in [4.69, 9.17) is 16.3 Å². The highest BCUT2D eigenvalue weighted by molar-refractivity contribution is 7.18. The maximum atomic E-state index is 6.00. The fraction of sp³-hybridized carbons (Fsp3) is 0.235. The van der Waals surface area contributed by atoms with E-state index in [-0.39, 0.29) is 6.04 Å². The van der Waals surface area contributed by atoms with Crippen molar-refractivity contribution in [3.8, 4) is 10.6 Å². The second kappa shape index (κ2) is 8.24. The molecule has 1 unspecified atom stereocenters. The predicted octanol–water partition coefficient (Wildman–Crippen LogP) is 4.44. The van der Waals surface area contributed by atoms with Gasteiger partial charge >= 0.3 is 0 Å². The van der Waals surface area contributed by atoms with Gasteiger partial charge in [-0.15, -0.1) is 0 Å². The van der Waals surface area contributed by atoms with Crippen molar-refractivity contribution in [1.29, 1.82) is 0 Å². The van der Waals surface area contributed by atoms with Gasteiger partial charge in [0, 0.05) is 36.3 Å². The Labute approximate surface area is 155 Å². The molecule has 0 bridgehead atoms. The third kappa shape index (κ3) is 4.88. The van der Waals surface area contributed by atoms with E-state index in [1.807, 2.05) is 37.3 Å². The molecule has 3 aromatic rings. The summed E-state index contributed by atoms with van der Waals surface area (Å²) in [6.07, 6.45) is 3.52. The molecule has 0 aliphatic rings. The van der Waals surface area contributed by atoms with Gasteiger partial charge in [0.25, 0.3) is 0 Å². The molecule has 2 N–H and O–H groups in total. The molecule has 8 heteroatoms. The van der Waals surface area contributed by atoms with Gasteiger partial charge in [-0.2, -0.15) is 0 Å². The number of halogens is 1. The molecular weight excluding hydrogens is 358 g/mol. The van der Waals surface area contributed by atoms with Crippen LogP contribution in [0.2, 0.25) is 5.02 Å². The van der Waals surface area contributed by atoms with E-state index >= 15 is 0 Å². The molecule has 0 saturated heterocycles. The summed E-state index contributed by atoms with van der Waals surface area (Å²) in [5.41, 5.74) is 1.65. The van der Waals surface area contributed by atoms with Crippen molar-refractivity contribution >= 4 is 39.7 Å². The Balaban J connectivity index is 1.74. The number of hydrogen-bond acceptors (Lipinski definition) is 7. The van der Waals surface area contributed by atoms with Gasteiger partial charge in [0.1, 0.15) is 0 Å². The lowest BCUT2D eigenvalue weighted by molar-refractivity contribution is 0.190. The van der Waals surface area contributed by atoms with E-state index < -0.39 is 0 Å².